The van der Waals surface area contributed by atoms with Crippen LogP contribution in [0.5, 0.6) is 0 Å². The number of carbonyl (C=O) groups is 15. The average molecular weight is 1700 g/mol. The summed E-state index contributed by atoms with van der Waals surface area (Å²) in [5.74, 6) is -23.2. The Morgan fingerprint density at radius 2 is 1.15 bits per heavy atom. The minimum atomic E-state index is -5.08. The molecule has 1 aliphatic heterocycles. The van der Waals surface area contributed by atoms with Crippen molar-refractivity contribution in [2.45, 2.75) is 212 Å². The van der Waals surface area contributed by atoms with Crippen LogP contribution in [0.2, 0.25) is 0 Å². The van der Waals surface area contributed by atoms with Crippen LogP contribution in [0.25, 0.3) is 0 Å². The highest BCUT2D eigenvalue weighted by atomic mass is 79.9. The summed E-state index contributed by atoms with van der Waals surface area (Å²) in [6.07, 6.45) is -19.8. The first kappa shape index (κ1) is 101. The lowest BCUT2D eigenvalue weighted by Crippen LogP contribution is -2.64. The Morgan fingerprint density at radius 3 is 1.65 bits per heavy atom. The SMILES string of the molecule is CC[C@H](C)[C@@H]1NC(=O)[C@@H](CCCN=C(N)N)NC(=O)[C@H](CC(C)C)NC(=O)[C@H]([C@H](O)C(C)C)NC(=O)[C@@H](NC(=O)[C@H](CC(C)C)NC(=O)[C@H](N)CC(C)C)[C@@H](c2ccccc2)OC(=O)[C@H](COC(=O)Nc2cccc(Br)c2)NC(=O)[C@H]([C@H](O)C(N)=O)NC(=O)CNC(=O)[C@H]([C@H](C)O)NC1=O.O=C(O)C(F)(F)F.O=C(O)C(F)(F)F. The van der Waals surface area contributed by atoms with Crippen molar-refractivity contribution in [2.24, 2.45) is 57.5 Å². The first-order valence-electron chi connectivity index (χ1n) is 35.4. The number of hydrogen-bond donors (Lipinski definition) is 20. The smallest absolute Gasteiger partial charge is 0.475 e. The summed E-state index contributed by atoms with van der Waals surface area (Å²) in [4.78, 5) is 208. The number of hydrogen-bond acceptors (Lipinski definition) is 22. The van der Waals surface area contributed by atoms with Crippen LogP contribution in [0.1, 0.15) is 126 Å². The zero-order chi connectivity index (χ0) is 87.6. The molecule has 0 unspecified atom stereocenters. The Kier molecular flexibility index (Phi) is 43.2. The highest BCUT2D eigenvalue weighted by molar-refractivity contribution is 9.10. The van der Waals surface area contributed by atoms with Crippen LogP contribution in [-0.2, 0) is 76.6 Å². The normalized spacial score (nSPS) is 21.8. The van der Waals surface area contributed by atoms with Crippen LogP contribution in [0.4, 0.5) is 36.8 Å². The first-order valence-corrected chi connectivity index (χ1v) is 36.2. The van der Waals surface area contributed by atoms with Gasteiger partial charge in [-0.2, -0.15) is 26.3 Å². The summed E-state index contributed by atoms with van der Waals surface area (Å²) in [6.45, 7) is 15.3. The van der Waals surface area contributed by atoms with E-state index in [1.54, 1.807) is 53.7 Å². The van der Waals surface area contributed by atoms with Crippen molar-refractivity contribution in [1.29, 1.82) is 0 Å². The van der Waals surface area contributed by atoms with Gasteiger partial charge >= 0.3 is 36.4 Å². The summed E-state index contributed by atoms with van der Waals surface area (Å²) in [5.41, 5.74) is 22.9. The molecule has 15 atom stereocenters. The number of alkyl halides is 6. The number of esters is 1. The van der Waals surface area contributed by atoms with Crippen molar-refractivity contribution in [3.8, 4) is 0 Å². The molecule has 0 saturated carbocycles. The molecule has 1 heterocycles. The average Bonchev–Trinajstić information content (AvgIpc) is 0.817. The van der Waals surface area contributed by atoms with Crippen molar-refractivity contribution in [1.82, 2.24) is 53.2 Å². The van der Waals surface area contributed by atoms with Gasteiger partial charge in [-0.15, -0.1) is 0 Å². The van der Waals surface area contributed by atoms with E-state index in [0.29, 0.717) is 4.47 Å². The number of aliphatic imine (C=N–C) groups is 1. The highest BCUT2D eigenvalue weighted by Crippen LogP contribution is 2.26. The molecule has 2 aromatic carbocycles. The van der Waals surface area contributed by atoms with Crippen molar-refractivity contribution in [3.63, 3.8) is 0 Å². The van der Waals surface area contributed by atoms with E-state index >= 15 is 19.2 Å². The van der Waals surface area contributed by atoms with Gasteiger partial charge in [0, 0.05) is 16.7 Å². The molecular formula is C69H103BrF6N16O22. The second-order valence-electron chi connectivity index (χ2n) is 27.7. The van der Waals surface area contributed by atoms with Crippen molar-refractivity contribution < 1.29 is 133 Å². The molecule has 0 bridgehead atoms. The molecule has 38 nitrogen and oxygen atoms in total. The van der Waals surface area contributed by atoms with Gasteiger partial charge in [-0.05, 0) is 92.4 Å². The van der Waals surface area contributed by atoms with Crippen molar-refractivity contribution >= 4 is 117 Å². The fourth-order valence-corrected chi connectivity index (χ4v) is 10.5. The van der Waals surface area contributed by atoms with Crippen LogP contribution >= 0.6 is 15.9 Å². The summed E-state index contributed by atoms with van der Waals surface area (Å²) >= 11 is 3.28. The van der Waals surface area contributed by atoms with E-state index in [-0.39, 0.29) is 74.1 Å². The molecule has 1 saturated heterocycles. The number of halogens is 7. The van der Waals surface area contributed by atoms with Gasteiger partial charge in [0.15, 0.2) is 24.2 Å². The third-order valence-electron chi connectivity index (χ3n) is 16.2. The lowest BCUT2D eigenvalue weighted by molar-refractivity contribution is -0.193. The van der Waals surface area contributed by atoms with Gasteiger partial charge in [0.2, 0.25) is 65.0 Å². The minimum Gasteiger partial charge on any atom is -0.475 e. The molecule has 0 aromatic heterocycles. The third kappa shape index (κ3) is 37.0. The Morgan fingerprint density at radius 1 is 0.632 bits per heavy atom. The molecule has 45 heteroatoms. The maximum atomic E-state index is 15.7. The molecule has 0 spiro atoms. The number of aliphatic hydroxyl groups is 3. The topological polar surface area (TPSA) is 624 Å². The number of benzene rings is 2. The maximum Gasteiger partial charge on any atom is 0.490 e. The van der Waals surface area contributed by atoms with Gasteiger partial charge in [-0.25, -0.2) is 19.2 Å². The number of cyclic esters (lactones) is 1. The monoisotopic (exact) mass is 1700 g/mol. The van der Waals surface area contributed by atoms with E-state index in [4.69, 9.17) is 52.2 Å². The van der Waals surface area contributed by atoms with Gasteiger partial charge < -0.3 is 111 Å². The molecule has 24 N–H and O–H groups in total. The number of carboxylic acids is 2. The van der Waals surface area contributed by atoms with E-state index in [2.05, 4.69) is 74.1 Å². The summed E-state index contributed by atoms with van der Waals surface area (Å²) in [5, 5.41) is 74.9. The first-order chi connectivity index (χ1) is 52.7. The Labute approximate surface area is 659 Å². The highest BCUT2D eigenvalue weighted by Gasteiger charge is 2.45. The summed E-state index contributed by atoms with van der Waals surface area (Å²) in [7, 11) is 0. The lowest BCUT2D eigenvalue weighted by Gasteiger charge is -2.34. The van der Waals surface area contributed by atoms with E-state index in [9.17, 15) is 84.8 Å². The second-order valence-corrected chi connectivity index (χ2v) is 28.6. The number of carbonyl (C=O) groups excluding carboxylic acids is 13. The number of anilines is 1. The molecule has 640 valence electrons. The molecule has 12 amide bonds. The number of rotatable bonds is 25. The van der Waals surface area contributed by atoms with E-state index in [1.807, 2.05) is 19.2 Å². The number of guanidine groups is 1. The predicted molar refractivity (Wildman–Crippen MR) is 396 cm³/mol. The molecule has 0 aliphatic carbocycles. The fraction of sp³-hybridized carbons (Fsp3) is 0.594. The van der Waals surface area contributed by atoms with E-state index in [0.717, 1.165) is 6.92 Å². The molecular weight excluding hydrogens is 1600 g/mol. The number of aliphatic carboxylic acids is 2. The van der Waals surface area contributed by atoms with Crippen molar-refractivity contribution in [3.05, 3.63) is 64.6 Å². The minimum absolute atomic E-state index is 0.0309. The molecule has 1 aliphatic rings. The lowest BCUT2D eigenvalue weighted by atomic mass is 9.95. The van der Waals surface area contributed by atoms with Crippen LogP contribution in [-0.4, -0.2) is 231 Å². The number of nitrogens with one attached hydrogen (secondary N) is 11. The molecule has 114 heavy (non-hydrogen) atoms. The Balaban J connectivity index is 0.00000422. The summed E-state index contributed by atoms with van der Waals surface area (Å²) in [6, 6.07) is -5.17. The van der Waals surface area contributed by atoms with E-state index < -0.39 is 217 Å². The molecule has 1 fully saturated rings. The number of nitrogens with zero attached hydrogens (tertiary/aromatic N) is 1. The predicted octanol–water partition coefficient (Wildman–Crippen LogP) is -1.15. The Hall–Kier alpha value is -10.5. The third-order valence-corrected chi connectivity index (χ3v) is 16.7. The molecule has 0 radical (unpaired) electrons. The summed E-state index contributed by atoms with van der Waals surface area (Å²) < 4.78 is 75.5. The quantitative estimate of drug-likeness (QED) is 0.0183. The van der Waals surface area contributed by atoms with Gasteiger partial charge in [-0.3, -0.25) is 63.0 Å². The van der Waals surface area contributed by atoms with Crippen LogP contribution in [0, 0.1) is 29.6 Å². The number of carboxylic acid groups (broad SMARTS) is 2. The number of amides is 12. The van der Waals surface area contributed by atoms with Gasteiger partial charge in [-0.1, -0.05) is 128 Å². The standard InChI is InChI=1S/C65H101BrN16O18.2C2HF3O2/c1-12-34(10)45-59(93)80-46(35(11)83)58(92)72-28-44(84)78-48(51(86)53(68)87)61(95)77-43(29-99-65(98)73-38-21-16-20-37(66)27-38)63(97)100-52(36-18-14-13-15-19-36)49(82-57(91)42(26-32(6)7)75-54(88)39(67)24-30(2)3)62(96)81-47(50(85)33(8)9)60(94)76-41(25-31(4)5)56(90)74-40(55(89)79-45)22-17-23-71-64(69)70;2*3-2(4,5)1(6)7/h13-16,18-21,27,30-35,39-43,45-52,83,85-86H,12,17,22-26,28-29,67H2,1-11H3,(H2,68,87)(H,72,92)(H,73,98)(H,74,90)(H,75,88)(H,76,94)(H,77,95)(H,78,84)(H,79,89)(H,80,93)(H,81,96)(H,82,91)(H4,69,70,71);2*(H,6,7)/t34-,35-,39+,40+,41-,42-,43-,45-,46-,47-,48-,49-,50+,51-,52+;;/m0../s1. The number of nitrogens with two attached hydrogens (primary N) is 4. The van der Waals surface area contributed by atoms with E-state index in [1.165, 1.54) is 56.3 Å². The number of aliphatic hydroxyl groups excluding tert-OH is 3. The molecule has 2 aromatic rings. The zero-order valence-corrected chi connectivity index (χ0v) is 65.7. The maximum absolute atomic E-state index is 15.7. The fourth-order valence-electron chi connectivity index (χ4n) is 10.1. The van der Waals surface area contributed by atoms with Crippen LogP contribution in [0.3, 0.4) is 0 Å². The van der Waals surface area contributed by atoms with Crippen LogP contribution < -0.4 is 81.4 Å². The van der Waals surface area contributed by atoms with Gasteiger partial charge in [0.1, 0.15) is 54.9 Å². The molecule has 3 rings (SSSR count). The number of primary amides is 1. The number of ether oxygens (including phenoxy) is 2. The van der Waals surface area contributed by atoms with Gasteiger partial charge in [0.25, 0.3) is 0 Å². The van der Waals surface area contributed by atoms with Gasteiger partial charge in [0.05, 0.1) is 24.8 Å². The Bertz CT molecular complexity index is 3610. The zero-order valence-electron chi connectivity index (χ0n) is 64.1. The van der Waals surface area contributed by atoms with Crippen LogP contribution in [0.15, 0.2) is 64.1 Å². The van der Waals surface area contributed by atoms with Crippen molar-refractivity contribution in [2.75, 3.05) is 25.0 Å². The second kappa shape index (κ2) is 48.5. The largest absolute Gasteiger partial charge is 0.490 e.